The van der Waals surface area contributed by atoms with Crippen molar-refractivity contribution in [2.75, 3.05) is 0 Å². The van der Waals surface area contributed by atoms with Gasteiger partial charge in [-0.2, -0.15) is 0 Å². The molecule has 1 heterocycles. The van der Waals surface area contributed by atoms with Crippen LogP contribution >= 0.6 is 11.6 Å². The zero-order chi connectivity index (χ0) is 18.7. The van der Waals surface area contributed by atoms with E-state index in [-0.39, 0.29) is 23.5 Å². The number of hydrogen-bond donors (Lipinski definition) is 0. The van der Waals surface area contributed by atoms with Crippen molar-refractivity contribution in [2.24, 2.45) is 10.9 Å². The van der Waals surface area contributed by atoms with Crippen molar-refractivity contribution in [3.05, 3.63) is 70.4 Å². The molecule has 5 nitrogen and oxygen atoms in total. The van der Waals surface area contributed by atoms with E-state index in [0.29, 0.717) is 16.3 Å². The fraction of sp³-hybridized carbons (Fsp3) is 0.150. The summed E-state index contributed by atoms with van der Waals surface area (Å²) in [5, 5.41) is 0.533. The van der Waals surface area contributed by atoms with Gasteiger partial charge in [0.25, 0.3) is 0 Å². The van der Waals surface area contributed by atoms with E-state index in [2.05, 4.69) is 4.99 Å². The summed E-state index contributed by atoms with van der Waals surface area (Å²) in [5.74, 6) is -0.375. The molecule has 2 aromatic rings. The summed E-state index contributed by atoms with van der Waals surface area (Å²) in [6.07, 6.45) is 1.61. The number of nitrogens with zero attached hydrogens (tertiary/aromatic N) is 1. The molecular weight excluding hydrogens is 354 g/mol. The molecule has 0 amide bonds. The molecule has 0 aromatic heterocycles. The Bertz CT molecular complexity index is 914. The number of benzene rings is 2. The van der Waals surface area contributed by atoms with Crippen LogP contribution in [0.3, 0.4) is 0 Å². The summed E-state index contributed by atoms with van der Waals surface area (Å²) in [5.41, 5.74) is 1.55. The SMILES string of the molecule is CC(C)C(=O)Oc1ccc(/C=C2/N=C(c3cccc(Cl)c3)OC2=O)cc1. The number of carbonyl (C=O) groups is 2. The minimum absolute atomic E-state index is 0.187. The van der Waals surface area contributed by atoms with Crippen LogP contribution in [0.5, 0.6) is 5.75 Å². The molecule has 0 N–H and O–H groups in total. The first-order chi connectivity index (χ1) is 12.4. The number of carbonyl (C=O) groups excluding carboxylic acids is 2. The van der Waals surface area contributed by atoms with Crippen molar-refractivity contribution in [1.82, 2.24) is 0 Å². The smallest absolute Gasteiger partial charge is 0.363 e. The molecule has 0 saturated carbocycles. The molecule has 0 spiro atoms. The van der Waals surface area contributed by atoms with Crippen LogP contribution < -0.4 is 4.74 Å². The van der Waals surface area contributed by atoms with Gasteiger partial charge in [0.1, 0.15) is 5.75 Å². The van der Waals surface area contributed by atoms with Crippen molar-refractivity contribution in [1.29, 1.82) is 0 Å². The Kier molecular flexibility index (Phi) is 5.19. The maximum Gasteiger partial charge on any atom is 0.363 e. The van der Waals surface area contributed by atoms with E-state index in [1.54, 1.807) is 68.5 Å². The number of ether oxygens (including phenoxy) is 2. The highest BCUT2D eigenvalue weighted by molar-refractivity contribution is 6.31. The lowest BCUT2D eigenvalue weighted by atomic mass is 10.2. The van der Waals surface area contributed by atoms with Crippen LogP contribution in [0.4, 0.5) is 0 Å². The number of rotatable bonds is 4. The van der Waals surface area contributed by atoms with Crippen molar-refractivity contribution < 1.29 is 19.1 Å². The highest BCUT2D eigenvalue weighted by atomic mass is 35.5. The Morgan fingerprint density at radius 2 is 1.92 bits per heavy atom. The average molecular weight is 370 g/mol. The second kappa shape index (κ2) is 7.54. The van der Waals surface area contributed by atoms with E-state index < -0.39 is 5.97 Å². The molecule has 1 aliphatic heterocycles. The second-order valence-electron chi connectivity index (χ2n) is 5.99. The maximum atomic E-state index is 12.0. The third-order valence-corrected chi connectivity index (χ3v) is 3.80. The molecule has 0 fully saturated rings. The number of hydrogen-bond acceptors (Lipinski definition) is 5. The van der Waals surface area contributed by atoms with Gasteiger partial charge in [0.2, 0.25) is 5.90 Å². The molecular formula is C20H16ClNO4. The van der Waals surface area contributed by atoms with Gasteiger partial charge in [-0.15, -0.1) is 0 Å². The summed E-state index contributed by atoms with van der Waals surface area (Å²) in [6, 6.07) is 13.7. The highest BCUT2D eigenvalue weighted by Crippen LogP contribution is 2.22. The minimum atomic E-state index is -0.532. The van der Waals surface area contributed by atoms with Crippen LogP contribution in [0.15, 0.2) is 59.2 Å². The normalized spacial score (nSPS) is 15.2. The van der Waals surface area contributed by atoms with Gasteiger partial charge >= 0.3 is 11.9 Å². The van der Waals surface area contributed by atoms with Gasteiger partial charge in [-0.3, -0.25) is 4.79 Å². The van der Waals surface area contributed by atoms with Crippen molar-refractivity contribution in [2.45, 2.75) is 13.8 Å². The lowest BCUT2D eigenvalue weighted by Crippen LogP contribution is -2.14. The van der Waals surface area contributed by atoms with Crippen molar-refractivity contribution in [3.8, 4) is 5.75 Å². The van der Waals surface area contributed by atoms with E-state index >= 15 is 0 Å². The van der Waals surface area contributed by atoms with E-state index in [9.17, 15) is 9.59 Å². The third-order valence-electron chi connectivity index (χ3n) is 3.57. The summed E-state index contributed by atoms with van der Waals surface area (Å²) >= 11 is 5.95. The standard InChI is InChI=1S/C20H16ClNO4/c1-12(2)19(23)25-16-8-6-13(7-9-16)10-17-20(24)26-18(22-17)14-4-3-5-15(21)11-14/h3-12H,1-2H3/b17-10+. The quantitative estimate of drug-likeness (QED) is 0.459. The maximum absolute atomic E-state index is 12.0. The molecule has 1 aliphatic rings. The van der Waals surface area contributed by atoms with Crippen molar-refractivity contribution >= 4 is 35.5 Å². The molecule has 3 rings (SSSR count). The average Bonchev–Trinajstić information content (AvgIpc) is 2.97. The number of halogens is 1. The van der Waals surface area contributed by atoms with Crippen LogP contribution in [-0.4, -0.2) is 17.8 Å². The molecule has 0 aliphatic carbocycles. The zero-order valence-corrected chi connectivity index (χ0v) is 15.0. The van der Waals surface area contributed by atoms with Crippen LogP contribution in [0.25, 0.3) is 6.08 Å². The Labute approximate surface area is 155 Å². The first kappa shape index (κ1) is 17.9. The van der Waals surface area contributed by atoms with Crippen LogP contribution in [0.1, 0.15) is 25.0 Å². The molecule has 0 atom stereocenters. The summed E-state index contributed by atoms with van der Waals surface area (Å²) in [7, 11) is 0. The Hall–Kier alpha value is -2.92. The van der Waals surface area contributed by atoms with E-state index in [0.717, 1.165) is 5.56 Å². The Morgan fingerprint density at radius 1 is 1.19 bits per heavy atom. The number of cyclic esters (lactones) is 1. The van der Waals surface area contributed by atoms with Gasteiger partial charge in [0, 0.05) is 10.6 Å². The van der Waals surface area contributed by atoms with E-state index in [4.69, 9.17) is 21.1 Å². The monoisotopic (exact) mass is 369 g/mol. The summed E-state index contributed by atoms with van der Waals surface area (Å²) < 4.78 is 10.4. The zero-order valence-electron chi connectivity index (χ0n) is 14.2. The molecule has 0 saturated heterocycles. The lowest BCUT2D eigenvalue weighted by Gasteiger charge is -2.06. The van der Waals surface area contributed by atoms with Crippen LogP contribution in [0, 0.1) is 5.92 Å². The minimum Gasteiger partial charge on any atom is -0.426 e. The molecule has 2 aromatic carbocycles. The highest BCUT2D eigenvalue weighted by Gasteiger charge is 2.24. The van der Waals surface area contributed by atoms with Gasteiger partial charge in [-0.25, -0.2) is 9.79 Å². The van der Waals surface area contributed by atoms with Gasteiger partial charge < -0.3 is 9.47 Å². The Morgan fingerprint density at radius 3 is 2.58 bits per heavy atom. The van der Waals surface area contributed by atoms with E-state index in [1.165, 1.54) is 0 Å². The molecule has 26 heavy (non-hydrogen) atoms. The van der Waals surface area contributed by atoms with E-state index in [1.807, 2.05) is 0 Å². The fourth-order valence-corrected chi connectivity index (χ4v) is 2.37. The first-order valence-electron chi connectivity index (χ1n) is 8.02. The number of esters is 2. The molecule has 132 valence electrons. The van der Waals surface area contributed by atoms with Gasteiger partial charge in [-0.1, -0.05) is 43.6 Å². The summed E-state index contributed by atoms with van der Waals surface area (Å²) in [4.78, 5) is 27.9. The molecule has 6 heteroatoms. The number of aliphatic imine (C=N–C) groups is 1. The van der Waals surface area contributed by atoms with Gasteiger partial charge in [-0.05, 0) is 42.0 Å². The molecule has 0 bridgehead atoms. The molecule has 0 unspecified atom stereocenters. The topological polar surface area (TPSA) is 65.0 Å². The van der Waals surface area contributed by atoms with Crippen LogP contribution in [0.2, 0.25) is 5.02 Å². The largest absolute Gasteiger partial charge is 0.426 e. The van der Waals surface area contributed by atoms with Crippen LogP contribution in [-0.2, 0) is 14.3 Å². The third kappa shape index (κ3) is 4.18. The fourth-order valence-electron chi connectivity index (χ4n) is 2.18. The summed E-state index contributed by atoms with van der Waals surface area (Å²) in [6.45, 7) is 3.53. The Balaban J connectivity index is 1.79. The van der Waals surface area contributed by atoms with Gasteiger partial charge in [0.05, 0.1) is 5.92 Å². The molecule has 0 radical (unpaired) electrons. The second-order valence-corrected chi connectivity index (χ2v) is 6.43. The first-order valence-corrected chi connectivity index (χ1v) is 8.40. The lowest BCUT2D eigenvalue weighted by molar-refractivity contribution is -0.137. The van der Waals surface area contributed by atoms with Crippen molar-refractivity contribution in [3.63, 3.8) is 0 Å². The van der Waals surface area contributed by atoms with Gasteiger partial charge in [0.15, 0.2) is 5.70 Å². The predicted octanol–water partition coefficient (Wildman–Crippen LogP) is 4.25. The predicted molar refractivity (Wildman–Crippen MR) is 99.0 cm³/mol.